The van der Waals surface area contributed by atoms with Gasteiger partial charge in [-0.1, -0.05) is 38.3 Å². The number of rotatable bonds is 3. The van der Waals surface area contributed by atoms with E-state index in [1.54, 1.807) is 18.2 Å². The van der Waals surface area contributed by atoms with Crippen molar-refractivity contribution in [2.75, 3.05) is 5.43 Å². The van der Waals surface area contributed by atoms with Gasteiger partial charge in [-0.2, -0.15) is 0 Å². The molecule has 128 valence electrons. The number of aliphatic hydroxyl groups is 1. The average Bonchev–Trinajstić information content (AvgIpc) is 2.57. The van der Waals surface area contributed by atoms with Crippen molar-refractivity contribution in [2.24, 2.45) is 0 Å². The van der Waals surface area contributed by atoms with Gasteiger partial charge in [0, 0.05) is 5.92 Å². The molecule has 1 aliphatic rings. The molecular weight excluding hydrogens is 313 g/mol. The van der Waals surface area contributed by atoms with E-state index in [0.717, 1.165) is 23.9 Å². The summed E-state index contributed by atoms with van der Waals surface area (Å²) >= 11 is 0. The first-order valence-electron chi connectivity index (χ1n) is 8.29. The monoisotopic (exact) mass is 335 g/mol. The summed E-state index contributed by atoms with van der Waals surface area (Å²) in [5.74, 6) is -0.625. The van der Waals surface area contributed by atoms with Crippen LogP contribution in [0.2, 0.25) is 0 Å². The summed E-state index contributed by atoms with van der Waals surface area (Å²) in [6, 6.07) is 6.98. The summed E-state index contributed by atoms with van der Waals surface area (Å²) in [5, 5.41) is 11.4. The number of carbonyl (C=O) groups excluding carboxylic acids is 1. The molecule has 7 heteroatoms. The van der Waals surface area contributed by atoms with E-state index >= 15 is 0 Å². The Kier molecular flexibility index (Phi) is 5.99. The molecule has 0 aliphatic heterocycles. The molecule has 2 N–H and O–H groups in total. The summed E-state index contributed by atoms with van der Waals surface area (Å²) in [7, 11) is 0. The van der Waals surface area contributed by atoms with Crippen LogP contribution in [0.25, 0.3) is 10.9 Å². The van der Waals surface area contributed by atoms with Crippen LogP contribution in [-0.2, 0) is 4.79 Å². The number of aromatic nitrogens is 2. The number of para-hydroxylation sites is 1. The first-order valence-corrected chi connectivity index (χ1v) is 8.29. The number of amides is 1. The van der Waals surface area contributed by atoms with Gasteiger partial charge in [0.25, 0.3) is 5.56 Å². The molecule has 1 aliphatic carbocycles. The number of nitrogens with zero attached hydrogens (tertiary/aromatic N) is 2. The fourth-order valence-electron chi connectivity index (χ4n) is 3.51. The Bertz CT molecular complexity index is 828. The molecule has 1 atom stereocenters. The zero-order valence-corrected chi connectivity index (χ0v) is 14.8. The van der Waals surface area contributed by atoms with Crippen molar-refractivity contribution in [3.63, 3.8) is 0 Å². The molecule has 0 saturated heterocycles. The number of nitrogens with one attached hydrogen (secondary N) is 1. The Morgan fingerprint density at radius 2 is 1.96 bits per heavy atom. The van der Waals surface area contributed by atoms with Crippen LogP contribution in [0.15, 0.2) is 29.1 Å². The third-order valence-electron chi connectivity index (χ3n) is 4.95. The van der Waals surface area contributed by atoms with E-state index in [9.17, 15) is 14.7 Å². The summed E-state index contributed by atoms with van der Waals surface area (Å²) < 4.78 is 1.13. The second kappa shape index (κ2) is 7.65. The van der Waals surface area contributed by atoms with Crippen LogP contribution in [0, 0.1) is 6.92 Å². The van der Waals surface area contributed by atoms with Gasteiger partial charge >= 0.3 is 18.9 Å². The largest absolute Gasteiger partial charge is 1.00 e. The third kappa shape index (κ3) is 3.76. The van der Waals surface area contributed by atoms with Gasteiger partial charge in [0.1, 0.15) is 5.82 Å². The maximum Gasteiger partial charge on any atom is 1.00 e. The maximum absolute atomic E-state index is 12.8. The molecule has 25 heavy (non-hydrogen) atoms. The van der Waals surface area contributed by atoms with Crippen molar-refractivity contribution in [2.45, 2.75) is 50.5 Å². The fourth-order valence-corrected chi connectivity index (χ4v) is 3.51. The van der Waals surface area contributed by atoms with E-state index in [1.807, 2.05) is 13.0 Å². The molecule has 0 bridgehead atoms. The van der Waals surface area contributed by atoms with Crippen molar-refractivity contribution in [3.8, 4) is 0 Å². The molecule has 1 aromatic carbocycles. The Balaban J connectivity index is 0.00000225. The van der Waals surface area contributed by atoms with Crippen LogP contribution in [0.1, 0.15) is 50.8 Å². The smallest absolute Gasteiger partial charge is 0.389 e. The molecule has 1 fully saturated rings. The zero-order valence-electron chi connectivity index (χ0n) is 14.8. The number of carbonyl (C=O) groups is 1. The first kappa shape index (κ1) is 19.6. The molecule has 0 spiro atoms. The van der Waals surface area contributed by atoms with Gasteiger partial charge in [0.2, 0.25) is 0 Å². The molecule has 1 saturated carbocycles. The molecule has 3 rings (SSSR count). The van der Waals surface area contributed by atoms with Crippen LogP contribution in [0.5, 0.6) is 0 Å². The Labute approximate surface area is 158 Å². The number of hydrogen-bond acceptors (Lipinski definition) is 4. The van der Waals surface area contributed by atoms with Crippen LogP contribution < -0.4 is 29.8 Å². The second-order valence-corrected chi connectivity index (χ2v) is 6.55. The van der Waals surface area contributed by atoms with Crippen molar-refractivity contribution in [1.82, 2.24) is 9.66 Å². The predicted octanol–water partition coefficient (Wildman–Crippen LogP) is -0.897. The Morgan fingerprint density at radius 1 is 1.32 bits per heavy atom. The molecule has 1 aromatic heterocycles. The minimum Gasteiger partial charge on any atom is -0.389 e. The SMILES string of the molecule is [CH2-]C(=O)Nn1c(C(C)C2(O)CCCCC2)nc2ccccc2c1=O.[Li+]. The topological polar surface area (TPSA) is 84.2 Å². The van der Waals surface area contributed by atoms with E-state index in [1.165, 1.54) is 0 Å². The maximum atomic E-state index is 12.8. The Hall–Kier alpha value is -1.74. The standard InChI is InChI=1S/C18H22N3O3.Li/c1-12(18(24)10-6-3-7-11-18)16-19-15-9-5-4-8-14(15)17(23)21(16)20-13(2)22;/h4-5,8-9,12,24H,2-3,6-7,10-11H2,1H3,(H,20,22);/q-1;+1. The summed E-state index contributed by atoms with van der Waals surface area (Å²) in [5.41, 5.74) is 1.72. The molecule has 1 heterocycles. The van der Waals surface area contributed by atoms with Crippen molar-refractivity contribution >= 4 is 16.8 Å². The van der Waals surface area contributed by atoms with Crippen LogP contribution in [0.3, 0.4) is 0 Å². The van der Waals surface area contributed by atoms with Crippen molar-refractivity contribution < 1.29 is 28.8 Å². The predicted molar refractivity (Wildman–Crippen MR) is 92.2 cm³/mol. The van der Waals surface area contributed by atoms with E-state index in [-0.39, 0.29) is 30.3 Å². The van der Waals surface area contributed by atoms with Gasteiger partial charge < -0.3 is 16.8 Å². The van der Waals surface area contributed by atoms with Gasteiger partial charge in [-0.15, -0.1) is 0 Å². The minimum absolute atomic E-state index is 0. The molecular formula is C18H22LiN3O3. The Morgan fingerprint density at radius 3 is 2.60 bits per heavy atom. The molecule has 2 aromatic rings. The van der Waals surface area contributed by atoms with Crippen molar-refractivity contribution in [3.05, 3.63) is 47.4 Å². The van der Waals surface area contributed by atoms with E-state index in [0.29, 0.717) is 29.6 Å². The van der Waals surface area contributed by atoms with Crippen molar-refractivity contribution in [1.29, 1.82) is 0 Å². The van der Waals surface area contributed by atoms with Gasteiger partial charge in [-0.25, -0.2) is 9.66 Å². The summed E-state index contributed by atoms with van der Waals surface area (Å²) in [6.07, 6.45) is 4.31. The third-order valence-corrected chi connectivity index (χ3v) is 4.95. The number of fused-ring (bicyclic) bond motifs is 1. The van der Waals surface area contributed by atoms with E-state index in [4.69, 9.17) is 0 Å². The average molecular weight is 335 g/mol. The van der Waals surface area contributed by atoms with Gasteiger partial charge in [0.05, 0.1) is 22.4 Å². The van der Waals surface area contributed by atoms with Crippen LogP contribution >= 0.6 is 0 Å². The first-order chi connectivity index (χ1) is 11.4. The normalized spacial score (nSPS) is 17.5. The summed E-state index contributed by atoms with van der Waals surface area (Å²) in [4.78, 5) is 28.8. The van der Waals surface area contributed by atoms with Gasteiger partial charge in [0.15, 0.2) is 0 Å². The molecule has 1 unspecified atom stereocenters. The van der Waals surface area contributed by atoms with Crippen LogP contribution in [0.4, 0.5) is 0 Å². The molecule has 0 radical (unpaired) electrons. The number of benzene rings is 1. The molecule has 6 nitrogen and oxygen atoms in total. The van der Waals surface area contributed by atoms with E-state index in [2.05, 4.69) is 17.3 Å². The fraction of sp³-hybridized carbons (Fsp3) is 0.444. The minimum atomic E-state index is -0.923. The quantitative estimate of drug-likeness (QED) is 0.563. The van der Waals surface area contributed by atoms with Crippen LogP contribution in [-0.4, -0.2) is 26.3 Å². The number of hydrogen-bond donors (Lipinski definition) is 2. The zero-order chi connectivity index (χ0) is 17.3. The molecule has 1 amide bonds. The second-order valence-electron chi connectivity index (χ2n) is 6.55. The summed E-state index contributed by atoms with van der Waals surface area (Å²) in [6.45, 7) is 5.14. The van der Waals surface area contributed by atoms with Gasteiger partial charge in [-0.05, 0) is 25.0 Å². The van der Waals surface area contributed by atoms with E-state index < -0.39 is 11.5 Å². The van der Waals surface area contributed by atoms with Gasteiger partial charge in [-0.3, -0.25) is 10.2 Å².